The zero-order valence-electron chi connectivity index (χ0n) is 12.1. The Hall–Kier alpha value is -3.27. The number of para-hydroxylation sites is 1. The van der Waals surface area contributed by atoms with Crippen molar-refractivity contribution in [3.63, 3.8) is 0 Å². The summed E-state index contributed by atoms with van der Waals surface area (Å²) in [6, 6.07) is 16.3. The van der Waals surface area contributed by atoms with Crippen molar-refractivity contribution in [2.75, 3.05) is 5.32 Å². The predicted molar refractivity (Wildman–Crippen MR) is 88.6 cm³/mol. The number of ketones is 2. The van der Waals surface area contributed by atoms with Crippen molar-refractivity contribution in [3.05, 3.63) is 83.7 Å². The zero-order valence-corrected chi connectivity index (χ0v) is 12.1. The number of nitrogens with zero attached hydrogens (tertiary/aromatic N) is 1. The summed E-state index contributed by atoms with van der Waals surface area (Å²) in [5, 5.41) is 4.04. The molecule has 23 heavy (non-hydrogen) atoms. The van der Waals surface area contributed by atoms with E-state index in [2.05, 4.69) is 10.3 Å². The van der Waals surface area contributed by atoms with Gasteiger partial charge in [-0.2, -0.15) is 0 Å². The van der Waals surface area contributed by atoms with Gasteiger partial charge in [-0.05, 0) is 12.1 Å². The molecule has 0 spiro atoms. The average molecular weight is 300 g/mol. The largest absolute Gasteiger partial charge is 0.350 e. The quantitative estimate of drug-likeness (QED) is 0.785. The van der Waals surface area contributed by atoms with Crippen LogP contribution < -0.4 is 5.32 Å². The van der Waals surface area contributed by atoms with E-state index in [1.807, 2.05) is 30.3 Å². The second-order valence-electron chi connectivity index (χ2n) is 5.30. The lowest BCUT2D eigenvalue weighted by atomic mass is 9.92. The molecule has 2 aromatic carbocycles. The summed E-state index contributed by atoms with van der Waals surface area (Å²) in [7, 11) is 0. The number of rotatable bonds is 2. The first kappa shape index (κ1) is 13.4. The Balaban J connectivity index is 1.77. The van der Waals surface area contributed by atoms with Gasteiger partial charge in [-0.15, -0.1) is 0 Å². The van der Waals surface area contributed by atoms with Crippen molar-refractivity contribution in [2.24, 2.45) is 0 Å². The number of nitrogens with one attached hydrogen (secondary N) is 1. The molecule has 0 radical (unpaired) electrons. The van der Waals surface area contributed by atoms with Crippen LogP contribution in [0.4, 0.5) is 5.69 Å². The lowest BCUT2D eigenvalue weighted by Gasteiger charge is -2.17. The molecular formula is C19H12N2O2. The number of carbonyl (C=O) groups excluding carboxylic acids is 2. The summed E-state index contributed by atoms with van der Waals surface area (Å²) in [5.74, 6) is -0.357. The first-order valence-corrected chi connectivity index (χ1v) is 7.24. The van der Waals surface area contributed by atoms with Gasteiger partial charge in [-0.1, -0.05) is 42.5 Å². The molecule has 0 unspecified atom stereocenters. The lowest BCUT2D eigenvalue weighted by molar-refractivity contribution is 0.0985. The number of hydrogen-bond acceptors (Lipinski definition) is 4. The van der Waals surface area contributed by atoms with Crippen molar-refractivity contribution in [3.8, 4) is 0 Å². The smallest absolute Gasteiger partial charge is 0.210 e. The van der Waals surface area contributed by atoms with Gasteiger partial charge in [0.2, 0.25) is 5.78 Å². The van der Waals surface area contributed by atoms with E-state index in [4.69, 9.17) is 0 Å². The van der Waals surface area contributed by atoms with Crippen LogP contribution in [-0.2, 0) is 0 Å². The molecule has 3 aromatic rings. The van der Waals surface area contributed by atoms with E-state index in [0.29, 0.717) is 16.8 Å². The molecule has 1 heterocycles. The van der Waals surface area contributed by atoms with Gasteiger partial charge in [0, 0.05) is 28.8 Å². The maximum atomic E-state index is 12.6. The Morgan fingerprint density at radius 1 is 0.826 bits per heavy atom. The number of hydrogen-bond donors (Lipinski definition) is 1. The van der Waals surface area contributed by atoms with Crippen LogP contribution in [0.1, 0.15) is 20.7 Å². The monoisotopic (exact) mass is 300 g/mol. The summed E-state index contributed by atoms with van der Waals surface area (Å²) < 4.78 is 0. The minimum Gasteiger partial charge on any atom is -0.350 e. The second-order valence-corrected chi connectivity index (χ2v) is 5.30. The van der Waals surface area contributed by atoms with E-state index in [9.17, 15) is 9.59 Å². The Morgan fingerprint density at radius 3 is 2.48 bits per heavy atom. The van der Waals surface area contributed by atoms with E-state index >= 15 is 0 Å². The Kier molecular flexibility index (Phi) is 3.01. The SMILES string of the molecule is O=C1C=C(Nc2cccc3cccnc23)C(=O)c2ccccc21. The standard InChI is InChI=1S/C19H12N2O2/c22-17-11-16(19(23)14-8-2-1-7-13(14)17)21-15-9-3-5-12-6-4-10-20-18(12)15/h1-11,21H. The molecular weight excluding hydrogens is 288 g/mol. The summed E-state index contributed by atoms with van der Waals surface area (Å²) in [4.78, 5) is 29.2. The Morgan fingerprint density at radius 2 is 1.61 bits per heavy atom. The third-order valence-corrected chi connectivity index (χ3v) is 3.86. The van der Waals surface area contributed by atoms with E-state index in [1.54, 1.807) is 30.5 Å². The first-order valence-electron chi connectivity index (χ1n) is 7.24. The molecule has 0 fully saturated rings. The predicted octanol–water partition coefficient (Wildman–Crippen LogP) is 3.61. The number of aromatic nitrogens is 1. The van der Waals surface area contributed by atoms with E-state index in [-0.39, 0.29) is 17.3 Å². The summed E-state index contributed by atoms with van der Waals surface area (Å²) in [6.45, 7) is 0. The molecule has 0 amide bonds. The van der Waals surface area contributed by atoms with Gasteiger partial charge in [-0.3, -0.25) is 14.6 Å². The Bertz CT molecular complexity index is 984. The average Bonchev–Trinajstić information content (AvgIpc) is 2.60. The molecule has 1 aromatic heterocycles. The van der Waals surface area contributed by atoms with Crippen LogP contribution >= 0.6 is 0 Å². The highest BCUT2D eigenvalue weighted by atomic mass is 16.1. The maximum Gasteiger partial charge on any atom is 0.210 e. The maximum absolute atomic E-state index is 12.6. The molecule has 4 rings (SSSR count). The lowest BCUT2D eigenvalue weighted by Crippen LogP contribution is -2.21. The normalized spacial score (nSPS) is 13.7. The number of carbonyl (C=O) groups is 2. The van der Waals surface area contributed by atoms with Gasteiger partial charge in [-0.25, -0.2) is 0 Å². The fraction of sp³-hybridized carbons (Fsp3) is 0. The number of fused-ring (bicyclic) bond motifs is 2. The molecule has 4 nitrogen and oxygen atoms in total. The molecule has 0 atom stereocenters. The molecule has 1 aliphatic carbocycles. The van der Waals surface area contributed by atoms with Crippen LogP contribution in [0, 0.1) is 0 Å². The topological polar surface area (TPSA) is 59.1 Å². The van der Waals surface area contributed by atoms with Crippen LogP contribution in [0.25, 0.3) is 10.9 Å². The van der Waals surface area contributed by atoms with Gasteiger partial charge >= 0.3 is 0 Å². The van der Waals surface area contributed by atoms with Crippen molar-refractivity contribution < 1.29 is 9.59 Å². The van der Waals surface area contributed by atoms with Crippen LogP contribution in [0.2, 0.25) is 0 Å². The molecule has 1 aliphatic rings. The number of benzene rings is 2. The minimum atomic E-state index is -0.187. The van der Waals surface area contributed by atoms with Gasteiger partial charge in [0.1, 0.15) is 0 Å². The minimum absolute atomic E-state index is 0.170. The molecule has 4 heteroatoms. The molecule has 0 aliphatic heterocycles. The first-order chi connectivity index (χ1) is 11.2. The van der Waals surface area contributed by atoms with Crippen molar-refractivity contribution in [2.45, 2.75) is 0 Å². The molecule has 0 saturated carbocycles. The van der Waals surface area contributed by atoms with Gasteiger partial charge in [0.05, 0.1) is 16.9 Å². The highest BCUT2D eigenvalue weighted by molar-refractivity contribution is 6.25. The third kappa shape index (κ3) is 2.21. The number of anilines is 1. The van der Waals surface area contributed by atoms with Gasteiger partial charge in [0.15, 0.2) is 5.78 Å². The second kappa shape index (κ2) is 5.18. The molecule has 0 saturated heterocycles. The summed E-state index contributed by atoms with van der Waals surface area (Å²) >= 11 is 0. The number of allylic oxidation sites excluding steroid dienone is 2. The van der Waals surface area contributed by atoms with Crippen molar-refractivity contribution in [1.82, 2.24) is 4.98 Å². The Labute approximate surface area is 132 Å². The van der Waals surface area contributed by atoms with Crippen molar-refractivity contribution in [1.29, 1.82) is 0 Å². The third-order valence-electron chi connectivity index (χ3n) is 3.86. The number of Topliss-reactive ketones (excluding diaryl/α,β-unsaturated/α-hetero) is 1. The molecule has 110 valence electrons. The van der Waals surface area contributed by atoms with E-state index < -0.39 is 0 Å². The van der Waals surface area contributed by atoms with E-state index in [1.165, 1.54) is 6.08 Å². The fourth-order valence-electron chi connectivity index (χ4n) is 2.76. The van der Waals surface area contributed by atoms with Crippen LogP contribution in [-0.4, -0.2) is 16.6 Å². The van der Waals surface area contributed by atoms with Crippen molar-refractivity contribution >= 4 is 28.2 Å². The fourth-order valence-corrected chi connectivity index (χ4v) is 2.76. The van der Waals surface area contributed by atoms with Crippen LogP contribution in [0.15, 0.2) is 72.6 Å². The highest BCUT2D eigenvalue weighted by Crippen LogP contribution is 2.26. The summed E-state index contributed by atoms with van der Waals surface area (Å²) in [6.07, 6.45) is 3.05. The van der Waals surface area contributed by atoms with Crippen LogP contribution in [0.5, 0.6) is 0 Å². The zero-order chi connectivity index (χ0) is 15.8. The summed E-state index contributed by atoms with van der Waals surface area (Å²) in [5.41, 5.74) is 2.60. The number of pyridine rings is 1. The van der Waals surface area contributed by atoms with Crippen LogP contribution in [0.3, 0.4) is 0 Å². The molecule has 1 N–H and O–H groups in total. The van der Waals surface area contributed by atoms with E-state index in [0.717, 1.165) is 10.9 Å². The molecule has 0 bridgehead atoms. The van der Waals surface area contributed by atoms with Gasteiger partial charge < -0.3 is 5.32 Å². The van der Waals surface area contributed by atoms with Gasteiger partial charge in [0.25, 0.3) is 0 Å². The highest BCUT2D eigenvalue weighted by Gasteiger charge is 2.25.